The topological polar surface area (TPSA) is 25.2 Å². The molecule has 0 aliphatic heterocycles. The minimum Gasteiger partial charge on any atom is -0.469 e. The molecule has 1 N–H and O–H groups in total. The number of hydrogen-bond donors (Lipinski definition) is 1. The Hall–Kier alpha value is -1.54. The van der Waals surface area contributed by atoms with Crippen molar-refractivity contribution in [1.29, 1.82) is 0 Å². The zero-order valence-corrected chi connectivity index (χ0v) is 11.4. The first-order valence-electron chi connectivity index (χ1n) is 7.10. The number of benzene rings is 1. The van der Waals surface area contributed by atoms with Crippen LogP contribution in [-0.2, 0) is 11.8 Å². The molecule has 1 atom stereocenters. The van der Waals surface area contributed by atoms with Crippen LogP contribution in [0.15, 0.2) is 53.1 Å². The second-order valence-electron chi connectivity index (χ2n) is 5.50. The van der Waals surface area contributed by atoms with Crippen molar-refractivity contribution in [1.82, 2.24) is 5.32 Å². The predicted octanol–water partition coefficient (Wildman–Crippen LogP) is 3.53. The van der Waals surface area contributed by atoms with Crippen LogP contribution in [-0.4, -0.2) is 13.1 Å². The van der Waals surface area contributed by atoms with Crippen LogP contribution in [0.4, 0.5) is 0 Å². The molecule has 0 bridgehead atoms. The first-order chi connectivity index (χ1) is 9.35. The van der Waals surface area contributed by atoms with E-state index >= 15 is 0 Å². The zero-order chi connectivity index (χ0) is 13.1. The van der Waals surface area contributed by atoms with Gasteiger partial charge in [-0.3, -0.25) is 0 Å². The quantitative estimate of drug-likeness (QED) is 0.884. The smallest absolute Gasteiger partial charge is 0.105 e. The van der Waals surface area contributed by atoms with Crippen LogP contribution >= 0.6 is 0 Å². The van der Waals surface area contributed by atoms with Crippen LogP contribution in [0.5, 0.6) is 0 Å². The van der Waals surface area contributed by atoms with Crippen molar-refractivity contribution in [3.05, 3.63) is 60.1 Å². The van der Waals surface area contributed by atoms with Crippen LogP contribution < -0.4 is 5.32 Å². The predicted molar refractivity (Wildman–Crippen MR) is 77.2 cm³/mol. The largest absolute Gasteiger partial charge is 0.469 e. The van der Waals surface area contributed by atoms with E-state index in [1.165, 1.54) is 24.8 Å². The molecule has 2 nitrogen and oxygen atoms in total. The van der Waals surface area contributed by atoms with Crippen molar-refractivity contribution in [2.45, 2.75) is 37.1 Å². The van der Waals surface area contributed by atoms with Gasteiger partial charge in [0.05, 0.1) is 6.26 Å². The highest BCUT2D eigenvalue weighted by molar-refractivity contribution is 5.31. The Morgan fingerprint density at radius 3 is 2.47 bits per heavy atom. The molecule has 3 rings (SSSR count). The fourth-order valence-electron chi connectivity index (χ4n) is 3.37. The lowest BCUT2D eigenvalue weighted by Crippen LogP contribution is -2.52. The van der Waals surface area contributed by atoms with Crippen LogP contribution in [0, 0.1) is 0 Å². The molecule has 1 fully saturated rings. The molecule has 2 heteroatoms. The summed E-state index contributed by atoms with van der Waals surface area (Å²) in [5.41, 5.74) is 1.75. The maximum atomic E-state index is 5.53. The molecule has 1 aliphatic carbocycles. The summed E-state index contributed by atoms with van der Waals surface area (Å²) in [6, 6.07) is 15.4. The molecular formula is C17H21NO. The summed E-state index contributed by atoms with van der Waals surface area (Å²) < 4.78 is 5.53. The average molecular weight is 255 g/mol. The van der Waals surface area contributed by atoms with E-state index in [1.807, 2.05) is 6.07 Å². The summed E-state index contributed by atoms with van der Waals surface area (Å²) in [4.78, 5) is 0. The summed E-state index contributed by atoms with van der Waals surface area (Å²) in [7, 11) is 2.07. The standard InChI is InChI=1S/C17H21NO/c1-18-16(13-15-9-5-12-19-15)17(10-6-11-17)14-7-3-2-4-8-14/h2-5,7-9,12,16,18H,6,10-11,13H2,1H3. The molecule has 1 unspecified atom stereocenters. The summed E-state index contributed by atoms with van der Waals surface area (Å²) in [6.07, 6.45) is 6.58. The molecular weight excluding hydrogens is 234 g/mol. The molecule has 1 aromatic carbocycles. The van der Waals surface area contributed by atoms with Gasteiger partial charge in [0, 0.05) is 17.9 Å². The normalized spacial score (nSPS) is 18.8. The van der Waals surface area contributed by atoms with E-state index in [0.29, 0.717) is 6.04 Å². The minimum atomic E-state index is 0.281. The number of nitrogens with one attached hydrogen (secondary N) is 1. The second-order valence-corrected chi connectivity index (χ2v) is 5.50. The van der Waals surface area contributed by atoms with E-state index in [0.717, 1.165) is 12.2 Å². The number of likely N-dealkylation sites (N-methyl/N-ethyl adjacent to an activating group) is 1. The van der Waals surface area contributed by atoms with Crippen molar-refractivity contribution in [2.75, 3.05) is 7.05 Å². The van der Waals surface area contributed by atoms with Gasteiger partial charge in [0.25, 0.3) is 0 Å². The van der Waals surface area contributed by atoms with Gasteiger partial charge in [0.15, 0.2) is 0 Å². The SMILES string of the molecule is CNC(Cc1ccco1)C1(c2ccccc2)CCC1. The molecule has 0 spiro atoms. The number of furan rings is 1. The molecule has 19 heavy (non-hydrogen) atoms. The fraction of sp³-hybridized carbons (Fsp3) is 0.412. The number of hydrogen-bond acceptors (Lipinski definition) is 2. The van der Waals surface area contributed by atoms with Crippen molar-refractivity contribution in [2.24, 2.45) is 0 Å². The first kappa shape index (κ1) is 12.5. The lowest BCUT2D eigenvalue weighted by Gasteiger charge is -2.48. The molecule has 1 saturated carbocycles. The highest BCUT2D eigenvalue weighted by Crippen LogP contribution is 2.47. The molecule has 1 aromatic heterocycles. The van der Waals surface area contributed by atoms with Gasteiger partial charge in [0.2, 0.25) is 0 Å². The minimum absolute atomic E-state index is 0.281. The van der Waals surface area contributed by atoms with Gasteiger partial charge >= 0.3 is 0 Å². The molecule has 0 amide bonds. The van der Waals surface area contributed by atoms with Crippen LogP contribution in [0.2, 0.25) is 0 Å². The summed E-state index contributed by atoms with van der Waals surface area (Å²) in [5, 5.41) is 3.52. The van der Waals surface area contributed by atoms with E-state index in [4.69, 9.17) is 4.42 Å². The van der Waals surface area contributed by atoms with Gasteiger partial charge in [-0.2, -0.15) is 0 Å². The third kappa shape index (κ3) is 2.21. The van der Waals surface area contributed by atoms with Gasteiger partial charge < -0.3 is 9.73 Å². The Bertz CT molecular complexity index is 499. The zero-order valence-electron chi connectivity index (χ0n) is 11.4. The van der Waals surface area contributed by atoms with Gasteiger partial charge in [-0.15, -0.1) is 0 Å². The maximum Gasteiger partial charge on any atom is 0.105 e. The Morgan fingerprint density at radius 2 is 1.95 bits per heavy atom. The van der Waals surface area contributed by atoms with Gasteiger partial charge in [0.1, 0.15) is 5.76 Å². The Morgan fingerprint density at radius 1 is 1.16 bits per heavy atom. The van der Waals surface area contributed by atoms with Gasteiger partial charge in [-0.1, -0.05) is 36.8 Å². The van der Waals surface area contributed by atoms with Crippen molar-refractivity contribution in [3.8, 4) is 0 Å². The van der Waals surface area contributed by atoms with E-state index in [2.05, 4.69) is 48.8 Å². The van der Waals surface area contributed by atoms with Crippen molar-refractivity contribution >= 4 is 0 Å². The Kier molecular flexibility index (Phi) is 3.43. The summed E-state index contributed by atoms with van der Waals surface area (Å²) in [5.74, 6) is 1.07. The molecule has 1 aliphatic rings. The average Bonchev–Trinajstić information content (AvgIpc) is 2.90. The number of rotatable bonds is 5. The van der Waals surface area contributed by atoms with Crippen LogP contribution in [0.1, 0.15) is 30.6 Å². The van der Waals surface area contributed by atoms with Crippen LogP contribution in [0.3, 0.4) is 0 Å². The van der Waals surface area contributed by atoms with Crippen molar-refractivity contribution < 1.29 is 4.42 Å². The van der Waals surface area contributed by atoms with E-state index in [1.54, 1.807) is 6.26 Å². The highest BCUT2D eigenvalue weighted by atomic mass is 16.3. The molecule has 100 valence electrons. The van der Waals surface area contributed by atoms with Gasteiger partial charge in [-0.05, 0) is 37.6 Å². The Labute approximate surface area is 114 Å². The monoisotopic (exact) mass is 255 g/mol. The molecule has 0 saturated heterocycles. The Balaban J connectivity index is 1.87. The lowest BCUT2D eigenvalue weighted by atomic mass is 9.59. The third-order valence-corrected chi connectivity index (χ3v) is 4.60. The van der Waals surface area contributed by atoms with E-state index < -0.39 is 0 Å². The van der Waals surface area contributed by atoms with Crippen molar-refractivity contribution in [3.63, 3.8) is 0 Å². The van der Waals surface area contributed by atoms with Crippen LogP contribution in [0.25, 0.3) is 0 Å². The lowest BCUT2D eigenvalue weighted by molar-refractivity contribution is 0.169. The molecule has 2 aromatic rings. The summed E-state index contributed by atoms with van der Waals surface area (Å²) in [6.45, 7) is 0. The van der Waals surface area contributed by atoms with Gasteiger partial charge in [-0.25, -0.2) is 0 Å². The second kappa shape index (κ2) is 5.22. The molecule has 0 radical (unpaired) electrons. The third-order valence-electron chi connectivity index (χ3n) is 4.60. The summed E-state index contributed by atoms with van der Waals surface area (Å²) >= 11 is 0. The van der Waals surface area contributed by atoms with E-state index in [-0.39, 0.29) is 5.41 Å². The maximum absolute atomic E-state index is 5.53. The van der Waals surface area contributed by atoms with E-state index in [9.17, 15) is 0 Å². The fourth-order valence-corrected chi connectivity index (χ4v) is 3.37. The first-order valence-corrected chi connectivity index (χ1v) is 7.10. The molecule has 1 heterocycles. The highest BCUT2D eigenvalue weighted by Gasteiger charge is 2.44.